The molecule has 0 bridgehead atoms. The molecule has 0 radical (unpaired) electrons. The van der Waals surface area contributed by atoms with Crippen molar-refractivity contribution in [3.05, 3.63) is 11.8 Å². The summed E-state index contributed by atoms with van der Waals surface area (Å²) >= 11 is 0. The fraction of sp³-hybridized carbons (Fsp3) is 0.778. The van der Waals surface area contributed by atoms with Crippen LogP contribution in [0.15, 0.2) is 11.8 Å². The van der Waals surface area contributed by atoms with Crippen LogP contribution >= 0.6 is 0 Å². The molecule has 96 valence electrons. The van der Waals surface area contributed by atoms with Gasteiger partial charge in [0, 0.05) is 0 Å². The minimum Gasteiger partial charge on any atom is -0.537 e. The van der Waals surface area contributed by atoms with E-state index >= 15 is 0 Å². The number of rotatable bonds is 5. The summed E-state index contributed by atoms with van der Waals surface area (Å²) in [6.45, 7) is 5.01. The Morgan fingerprint density at radius 2 is 1.38 bits per heavy atom. The molecule has 0 aliphatic heterocycles. The lowest BCUT2D eigenvalue weighted by molar-refractivity contribution is -0.122. The van der Waals surface area contributed by atoms with E-state index in [9.17, 15) is 22.0 Å². The van der Waals surface area contributed by atoms with Crippen LogP contribution in [-0.2, 0) is 4.43 Å². The Labute approximate surface area is 92.4 Å². The molecule has 0 amide bonds. The predicted octanol–water partition coefficient (Wildman–Crippen LogP) is 4.68. The quantitative estimate of drug-likeness (QED) is 0.397. The van der Waals surface area contributed by atoms with Crippen LogP contribution in [0.4, 0.5) is 22.0 Å². The van der Waals surface area contributed by atoms with Gasteiger partial charge >= 0.3 is 12.3 Å². The van der Waals surface area contributed by atoms with Gasteiger partial charge in [-0.15, -0.1) is 0 Å². The first-order valence-corrected chi connectivity index (χ1v) is 7.56. The third-order valence-corrected chi connectivity index (χ3v) is 7.18. The zero-order valence-electron chi connectivity index (χ0n) is 9.42. The Morgan fingerprint density at radius 3 is 1.56 bits per heavy atom. The van der Waals surface area contributed by atoms with Gasteiger partial charge in [0.05, 0.1) is 0 Å². The van der Waals surface area contributed by atoms with Crippen LogP contribution in [0, 0.1) is 0 Å². The van der Waals surface area contributed by atoms with Crippen molar-refractivity contribution >= 4 is 8.32 Å². The van der Waals surface area contributed by atoms with E-state index < -0.39 is 26.3 Å². The van der Waals surface area contributed by atoms with E-state index in [0.717, 1.165) is 0 Å². The molecule has 0 fully saturated rings. The molecule has 0 saturated heterocycles. The molecule has 16 heavy (non-hydrogen) atoms. The van der Waals surface area contributed by atoms with E-state index in [1.807, 2.05) is 0 Å². The molecule has 0 heterocycles. The van der Waals surface area contributed by atoms with E-state index in [1.165, 1.54) is 0 Å². The lowest BCUT2D eigenvalue weighted by Crippen LogP contribution is -2.38. The maximum Gasteiger partial charge on any atom is 0.453 e. The molecular formula is C9H15F5OSi. The van der Waals surface area contributed by atoms with Gasteiger partial charge in [-0.1, -0.05) is 20.8 Å². The van der Waals surface area contributed by atoms with Gasteiger partial charge in [-0.3, -0.25) is 0 Å². The Morgan fingerprint density at radius 1 is 1.00 bits per heavy atom. The van der Waals surface area contributed by atoms with E-state index in [0.29, 0.717) is 18.1 Å². The lowest BCUT2D eigenvalue weighted by Gasteiger charge is -2.30. The van der Waals surface area contributed by atoms with Crippen LogP contribution in [-0.4, -0.2) is 14.5 Å². The van der Waals surface area contributed by atoms with Gasteiger partial charge in [0.15, 0.2) is 0 Å². The summed E-state index contributed by atoms with van der Waals surface area (Å²) in [7, 11) is -2.71. The SMILES string of the molecule is CC[Si](CC)(CC)OC(=C(F)F)C(F)(F)F. The molecule has 0 aliphatic carbocycles. The second-order valence-electron chi connectivity index (χ2n) is 3.43. The van der Waals surface area contributed by atoms with Gasteiger partial charge in [0.25, 0.3) is 14.1 Å². The molecular weight excluding hydrogens is 247 g/mol. The highest BCUT2D eigenvalue weighted by Crippen LogP contribution is 2.35. The number of alkyl halides is 3. The molecule has 0 N–H and O–H groups in total. The topological polar surface area (TPSA) is 9.23 Å². The first kappa shape index (κ1) is 15.4. The average molecular weight is 262 g/mol. The number of allylic oxidation sites excluding steroid dienone is 1. The van der Waals surface area contributed by atoms with Crippen molar-refractivity contribution in [1.82, 2.24) is 0 Å². The summed E-state index contributed by atoms with van der Waals surface area (Å²) in [5.74, 6) is -2.11. The van der Waals surface area contributed by atoms with Crippen LogP contribution in [0.3, 0.4) is 0 Å². The van der Waals surface area contributed by atoms with Crippen LogP contribution in [0.5, 0.6) is 0 Å². The minimum absolute atomic E-state index is 0.382. The van der Waals surface area contributed by atoms with Crippen LogP contribution in [0.1, 0.15) is 20.8 Å². The summed E-state index contributed by atoms with van der Waals surface area (Å²) in [5.41, 5.74) is 0. The maximum atomic E-state index is 12.3. The van der Waals surface area contributed by atoms with Crippen molar-refractivity contribution in [3.8, 4) is 0 Å². The van der Waals surface area contributed by atoms with E-state index in [2.05, 4.69) is 4.43 Å². The highest BCUT2D eigenvalue weighted by Gasteiger charge is 2.45. The Hall–Kier alpha value is -0.593. The van der Waals surface area contributed by atoms with Crippen molar-refractivity contribution in [2.24, 2.45) is 0 Å². The molecule has 0 aliphatic rings. The van der Waals surface area contributed by atoms with Crippen molar-refractivity contribution in [2.45, 2.75) is 45.1 Å². The molecule has 0 rings (SSSR count). The van der Waals surface area contributed by atoms with E-state index in [4.69, 9.17) is 0 Å². The fourth-order valence-corrected chi connectivity index (χ4v) is 3.95. The molecule has 0 unspecified atom stereocenters. The second kappa shape index (κ2) is 5.65. The van der Waals surface area contributed by atoms with Crippen molar-refractivity contribution in [3.63, 3.8) is 0 Å². The first-order valence-electron chi connectivity index (χ1n) is 5.04. The van der Waals surface area contributed by atoms with Gasteiger partial charge in [-0.05, 0) is 18.1 Å². The van der Waals surface area contributed by atoms with Crippen molar-refractivity contribution in [1.29, 1.82) is 0 Å². The van der Waals surface area contributed by atoms with Crippen molar-refractivity contribution < 1.29 is 26.4 Å². The largest absolute Gasteiger partial charge is 0.537 e. The van der Waals surface area contributed by atoms with Gasteiger partial charge < -0.3 is 4.43 Å². The van der Waals surface area contributed by atoms with Gasteiger partial charge in [0.1, 0.15) is 0 Å². The zero-order chi connectivity index (χ0) is 13.0. The van der Waals surface area contributed by atoms with Crippen LogP contribution < -0.4 is 0 Å². The lowest BCUT2D eigenvalue weighted by atomic mass is 10.5. The molecule has 0 aromatic carbocycles. The van der Waals surface area contributed by atoms with Gasteiger partial charge in [-0.2, -0.15) is 22.0 Å². The predicted molar refractivity (Wildman–Crippen MR) is 53.6 cm³/mol. The summed E-state index contributed by atoms with van der Waals surface area (Å²) in [6.07, 6.45) is -7.91. The highest BCUT2D eigenvalue weighted by atomic mass is 28.4. The molecule has 0 spiro atoms. The Kier molecular flexibility index (Phi) is 5.44. The number of hydrogen-bond donors (Lipinski definition) is 0. The van der Waals surface area contributed by atoms with Gasteiger partial charge in [0.2, 0.25) is 0 Å². The highest BCUT2D eigenvalue weighted by molar-refractivity contribution is 6.73. The fourth-order valence-electron chi connectivity index (χ4n) is 1.39. The van der Waals surface area contributed by atoms with Gasteiger partial charge in [-0.25, -0.2) is 0 Å². The standard InChI is InChI=1S/C9H15F5OSi/c1-4-16(5-2,6-3)15-7(8(10)11)9(12,13)14/h4-6H2,1-3H3. The smallest absolute Gasteiger partial charge is 0.453 e. The monoisotopic (exact) mass is 262 g/mol. The van der Waals surface area contributed by atoms with Crippen LogP contribution in [0.25, 0.3) is 0 Å². The number of halogens is 5. The van der Waals surface area contributed by atoms with Crippen molar-refractivity contribution in [2.75, 3.05) is 0 Å². The normalized spacial score (nSPS) is 12.5. The number of hydrogen-bond acceptors (Lipinski definition) is 1. The maximum absolute atomic E-state index is 12.3. The summed E-state index contributed by atoms with van der Waals surface area (Å²) < 4.78 is 65.8. The third kappa shape index (κ3) is 3.77. The second-order valence-corrected chi connectivity index (χ2v) is 8.12. The van der Waals surface area contributed by atoms with E-state index in [-0.39, 0.29) is 0 Å². The average Bonchev–Trinajstić information content (AvgIpc) is 2.18. The molecule has 1 nitrogen and oxygen atoms in total. The Bertz CT molecular complexity index is 245. The summed E-state index contributed by atoms with van der Waals surface area (Å²) in [4.78, 5) is 0. The molecule has 0 aromatic rings. The first-order chi connectivity index (χ1) is 7.22. The molecule has 7 heteroatoms. The zero-order valence-corrected chi connectivity index (χ0v) is 10.4. The van der Waals surface area contributed by atoms with E-state index in [1.54, 1.807) is 20.8 Å². The van der Waals surface area contributed by atoms with Crippen LogP contribution in [0.2, 0.25) is 18.1 Å². The Balaban J connectivity index is 5.11. The summed E-state index contributed by atoms with van der Waals surface area (Å²) in [5, 5.41) is 0. The third-order valence-electron chi connectivity index (χ3n) is 2.68. The molecule has 0 saturated carbocycles. The molecule has 0 atom stereocenters. The molecule has 0 aromatic heterocycles. The minimum atomic E-state index is -5.11. The summed E-state index contributed by atoms with van der Waals surface area (Å²) in [6, 6.07) is 1.15.